The first-order chi connectivity index (χ1) is 14.8. The molecule has 1 unspecified atom stereocenters. The highest BCUT2D eigenvalue weighted by molar-refractivity contribution is 6.39. The van der Waals surface area contributed by atoms with Crippen LogP contribution in [0.25, 0.3) is 0 Å². The van der Waals surface area contributed by atoms with Crippen molar-refractivity contribution in [2.24, 2.45) is 10.2 Å². The molecule has 0 N–H and O–H groups in total. The van der Waals surface area contributed by atoms with Gasteiger partial charge in [-0.3, -0.25) is 9.59 Å². The highest BCUT2D eigenvalue weighted by atomic mass is 35.5. The minimum atomic E-state index is -1.54. The van der Waals surface area contributed by atoms with Crippen LogP contribution in [-0.4, -0.2) is 46.2 Å². The molecule has 0 bridgehead atoms. The highest BCUT2D eigenvalue weighted by Crippen LogP contribution is 2.42. The van der Waals surface area contributed by atoms with E-state index in [2.05, 4.69) is 10.2 Å². The first-order valence-electron chi connectivity index (χ1n) is 8.82. The quantitative estimate of drug-likeness (QED) is 0.302. The summed E-state index contributed by atoms with van der Waals surface area (Å²) in [7, 11) is 5.72. The number of ether oxygens (including phenoxy) is 4. The number of ketones is 1. The topological polar surface area (TPSA) is 99.0 Å². The minimum Gasteiger partial charge on any atom is -0.497 e. The number of hydrogen-bond acceptors (Lipinski definition) is 8. The molecule has 1 atom stereocenters. The molecule has 11 heteroatoms. The molecule has 2 aromatic carbocycles. The summed E-state index contributed by atoms with van der Waals surface area (Å²) in [5.74, 6) is -0.150. The Balaban J connectivity index is 2.44. The Morgan fingerprint density at radius 3 is 2.16 bits per heavy atom. The molecule has 2 aromatic rings. The summed E-state index contributed by atoms with van der Waals surface area (Å²) >= 11 is 12.4. The molecule has 0 aromatic heterocycles. The van der Waals surface area contributed by atoms with E-state index in [-0.39, 0.29) is 22.1 Å². The molecule has 9 nitrogen and oxygen atoms in total. The average molecular weight is 470 g/mol. The number of halogens is 2. The SMILES string of the molecule is COc1ccc(OC)c(N(Cl)C(=O)C(N=Nc2c(Cl)ccc(OC)c2OC)C(C)=O)c1. The van der Waals surface area contributed by atoms with Gasteiger partial charge < -0.3 is 18.9 Å². The Morgan fingerprint density at radius 2 is 1.61 bits per heavy atom. The van der Waals surface area contributed by atoms with E-state index in [0.717, 1.165) is 4.42 Å². The molecule has 31 heavy (non-hydrogen) atoms. The fourth-order valence-electron chi connectivity index (χ4n) is 2.58. The lowest BCUT2D eigenvalue weighted by atomic mass is 10.2. The van der Waals surface area contributed by atoms with E-state index in [1.54, 1.807) is 18.2 Å². The maximum atomic E-state index is 13.0. The van der Waals surface area contributed by atoms with Gasteiger partial charge in [-0.1, -0.05) is 11.6 Å². The van der Waals surface area contributed by atoms with Crippen molar-refractivity contribution in [3.63, 3.8) is 0 Å². The molecule has 0 saturated heterocycles. The molecule has 0 radical (unpaired) electrons. The maximum absolute atomic E-state index is 13.0. The molecule has 0 heterocycles. The van der Waals surface area contributed by atoms with Gasteiger partial charge >= 0.3 is 0 Å². The van der Waals surface area contributed by atoms with Crippen LogP contribution < -0.4 is 23.4 Å². The van der Waals surface area contributed by atoms with E-state index in [1.807, 2.05) is 0 Å². The zero-order valence-corrected chi connectivity index (χ0v) is 19.0. The van der Waals surface area contributed by atoms with Crippen LogP contribution in [0.1, 0.15) is 6.92 Å². The van der Waals surface area contributed by atoms with Gasteiger partial charge in [0.1, 0.15) is 22.9 Å². The Bertz CT molecular complexity index is 999. The lowest BCUT2D eigenvalue weighted by Crippen LogP contribution is -2.36. The maximum Gasteiger partial charge on any atom is 0.276 e. The lowest BCUT2D eigenvalue weighted by molar-refractivity contribution is -0.126. The number of nitrogens with zero attached hydrogens (tertiary/aromatic N) is 3. The van der Waals surface area contributed by atoms with E-state index in [0.29, 0.717) is 17.2 Å². The van der Waals surface area contributed by atoms with E-state index >= 15 is 0 Å². The second-order valence-electron chi connectivity index (χ2n) is 6.02. The standard InChI is InChI=1S/C20H21Cl2N3O6/c1-11(26)17(23-24-18-13(21)7-9-16(30-4)19(18)31-5)20(27)25(22)14-10-12(28-2)6-8-15(14)29-3/h6-10,17H,1-5H3. The molecular weight excluding hydrogens is 449 g/mol. The van der Waals surface area contributed by atoms with Gasteiger partial charge in [0, 0.05) is 17.8 Å². The Hall–Kier alpha value is -3.04. The Morgan fingerprint density at radius 1 is 0.968 bits per heavy atom. The molecule has 0 aliphatic heterocycles. The van der Waals surface area contributed by atoms with Gasteiger partial charge in [0.2, 0.25) is 6.04 Å². The second kappa shape index (κ2) is 10.8. The summed E-state index contributed by atoms with van der Waals surface area (Å²) in [5.41, 5.74) is 0.273. The van der Waals surface area contributed by atoms with Gasteiger partial charge in [-0.15, -0.1) is 5.11 Å². The van der Waals surface area contributed by atoms with Crippen molar-refractivity contribution in [2.45, 2.75) is 13.0 Å². The largest absolute Gasteiger partial charge is 0.497 e. The van der Waals surface area contributed by atoms with Crippen LogP contribution in [0.5, 0.6) is 23.0 Å². The van der Waals surface area contributed by atoms with Crippen LogP contribution in [0.15, 0.2) is 40.6 Å². The number of carbonyl (C=O) groups excluding carboxylic acids is 2. The molecule has 1 amide bonds. The molecule has 0 spiro atoms. The van der Waals surface area contributed by atoms with Crippen molar-refractivity contribution < 1.29 is 28.5 Å². The van der Waals surface area contributed by atoms with E-state index in [9.17, 15) is 9.59 Å². The first-order valence-corrected chi connectivity index (χ1v) is 9.54. The average Bonchev–Trinajstić information content (AvgIpc) is 2.78. The molecule has 2 rings (SSSR count). The van der Waals surface area contributed by atoms with E-state index in [1.165, 1.54) is 47.5 Å². The zero-order valence-electron chi connectivity index (χ0n) is 17.5. The van der Waals surface area contributed by atoms with Crippen LogP contribution in [0, 0.1) is 0 Å². The van der Waals surface area contributed by atoms with Gasteiger partial charge in [0.05, 0.1) is 33.5 Å². The normalized spacial score (nSPS) is 11.7. The molecule has 0 aliphatic carbocycles. The van der Waals surface area contributed by atoms with Gasteiger partial charge in [-0.2, -0.15) is 5.11 Å². The highest BCUT2D eigenvalue weighted by Gasteiger charge is 2.31. The minimum absolute atomic E-state index is 0.0997. The smallest absolute Gasteiger partial charge is 0.276 e. The third-order valence-corrected chi connectivity index (χ3v) is 4.81. The Labute approximate surface area is 189 Å². The van der Waals surface area contributed by atoms with Crippen LogP contribution >= 0.6 is 23.4 Å². The number of amides is 1. The number of methoxy groups -OCH3 is 4. The number of benzene rings is 2. The lowest BCUT2D eigenvalue weighted by Gasteiger charge is -2.19. The van der Waals surface area contributed by atoms with Crippen molar-refractivity contribution in [3.8, 4) is 23.0 Å². The van der Waals surface area contributed by atoms with Crippen LogP contribution in [0.2, 0.25) is 5.02 Å². The molecule has 0 saturated carbocycles. The Kier molecular flexibility index (Phi) is 8.47. The second-order valence-corrected chi connectivity index (χ2v) is 6.76. The fourth-order valence-corrected chi connectivity index (χ4v) is 2.99. The molecule has 166 valence electrons. The van der Waals surface area contributed by atoms with Gasteiger partial charge in [0.15, 0.2) is 17.3 Å². The number of carbonyl (C=O) groups is 2. The van der Waals surface area contributed by atoms with Crippen molar-refractivity contribution in [1.29, 1.82) is 0 Å². The van der Waals surface area contributed by atoms with Gasteiger partial charge in [0.25, 0.3) is 5.91 Å². The van der Waals surface area contributed by atoms with Crippen molar-refractivity contribution in [1.82, 2.24) is 0 Å². The summed E-state index contributed by atoms with van der Waals surface area (Å²) in [5, 5.41) is 8.06. The van der Waals surface area contributed by atoms with Crippen LogP contribution in [-0.2, 0) is 9.59 Å². The van der Waals surface area contributed by atoms with Crippen LogP contribution in [0.4, 0.5) is 11.4 Å². The summed E-state index contributed by atoms with van der Waals surface area (Å²) in [4.78, 5) is 25.1. The first kappa shape index (κ1) is 24.2. The van der Waals surface area contributed by atoms with Crippen molar-refractivity contribution in [2.75, 3.05) is 32.9 Å². The molecular formula is C20H21Cl2N3O6. The number of hydrogen-bond donors (Lipinski definition) is 0. The third kappa shape index (κ3) is 5.36. The number of anilines is 1. The number of Topliss-reactive ketones (excluding diaryl/α,β-unsaturated/α-hetero) is 1. The van der Waals surface area contributed by atoms with Crippen molar-refractivity contribution >= 4 is 46.4 Å². The van der Waals surface area contributed by atoms with Crippen molar-refractivity contribution in [3.05, 3.63) is 35.4 Å². The zero-order chi connectivity index (χ0) is 23.1. The van der Waals surface area contributed by atoms with Gasteiger partial charge in [-0.05, 0) is 31.2 Å². The monoisotopic (exact) mass is 469 g/mol. The molecule has 0 aliphatic rings. The third-order valence-electron chi connectivity index (χ3n) is 4.15. The predicted molar refractivity (Wildman–Crippen MR) is 116 cm³/mol. The summed E-state index contributed by atoms with van der Waals surface area (Å²) < 4.78 is 21.6. The number of azo groups is 1. The fraction of sp³-hybridized carbons (Fsp3) is 0.300. The molecule has 0 fully saturated rings. The van der Waals surface area contributed by atoms with Gasteiger partial charge in [-0.25, -0.2) is 4.42 Å². The number of rotatable bonds is 9. The summed E-state index contributed by atoms with van der Waals surface area (Å²) in [6.07, 6.45) is 0. The van der Waals surface area contributed by atoms with E-state index in [4.69, 9.17) is 42.3 Å². The van der Waals surface area contributed by atoms with E-state index < -0.39 is 17.7 Å². The summed E-state index contributed by atoms with van der Waals surface area (Å²) in [6, 6.07) is 6.26. The van der Waals surface area contributed by atoms with Crippen LogP contribution in [0.3, 0.4) is 0 Å². The summed E-state index contributed by atoms with van der Waals surface area (Å²) in [6.45, 7) is 1.19. The predicted octanol–water partition coefficient (Wildman–Crippen LogP) is 4.60.